The second kappa shape index (κ2) is 4.96. The van der Waals surface area contributed by atoms with E-state index in [4.69, 9.17) is 4.42 Å². The summed E-state index contributed by atoms with van der Waals surface area (Å²) in [5.74, 6) is 0.552. The Labute approximate surface area is 116 Å². The maximum atomic E-state index is 12.4. The highest BCUT2D eigenvalue weighted by atomic mass is 16.3. The third-order valence-electron chi connectivity index (χ3n) is 3.49. The number of nitrogens with zero attached hydrogens (tertiary/aromatic N) is 3. The molecule has 2 heterocycles. The zero-order chi connectivity index (χ0) is 14.1. The first-order chi connectivity index (χ1) is 9.67. The van der Waals surface area contributed by atoms with Crippen LogP contribution in [0.2, 0.25) is 0 Å². The van der Waals surface area contributed by atoms with Gasteiger partial charge in [-0.25, -0.2) is 4.98 Å². The third-order valence-corrected chi connectivity index (χ3v) is 3.49. The van der Waals surface area contributed by atoms with Crippen LogP contribution in [0, 0.1) is 6.92 Å². The molecule has 6 nitrogen and oxygen atoms in total. The first kappa shape index (κ1) is 12.7. The van der Waals surface area contributed by atoms with E-state index in [9.17, 15) is 9.59 Å². The number of fused-ring (bicyclic) bond motifs is 1. The summed E-state index contributed by atoms with van der Waals surface area (Å²) in [5, 5.41) is 0. The van der Waals surface area contributed by atoms with Crippen molar-refractivity contribution in [2.45, 2.75) is 6.92 Å². The fourth-order valence-electron chi connectivity index (χ4n) is 2.39. The minimum absolute atomic E-state index is 0.0356. The van der Waals surface area contributed by atoms with Gasteiger partial charge in [0.15, 0.2) is 11.5 Å². The van der Waals surface area contributed by atoms with Gasteiger partial charge in [-0.3, -0.25) is 9.59 Å². The van der Waals surface area contributed by atoms with Gasteiger partial charge in [0.05, 0.1) is 0 Å². The van der Waals surface area contributed by atoms with Crippen LogP contribution in [0.5, 0.6) is 0 Å². The summed E-state index contributed by atoms with van der Waals surface area (Å²) < 4.78 is 5.44. The molecule has 6 heteroatoms. The molecular weight excluding hydrogens is 258 g/mol. The second-order valence-corrected chi connectivity index (χ2v) is 4.85. The van der Waals surface area contributed by atoms with Crippen LogP contribution in [0.4, 0.5) is 0 Å². The molecule has 0 aliphatic carbocycles. The van der Waals surface area contributed by atoms with Crippen molar-refractivity contribution in [3.05, 3.63) is 29.7 Å². The number of piperazine rings is 1. The SMILES string of the molecule is Cc1nc2ccc(C(=O)N3CCN(C=O)CC3)cc2o1. The van der Waals surface area contributed by atoms with Gasteiger partial charge in [-0.2, -0.15) is 0 Å². The van der Waals surface area contributed by atoms with E-state index in [0.717, 1.165) is 11.9 Å². The van der Waals surface area contributed by atoms with Crippen molar-refractivity contribution >= 4 is 23.4 Å². The lowest BCUT2D eigenvalue weighted by atomic mass is 10.1. The fourth-order valence-corrected chi connectivity index (χ4v) is 2.39. The zero-order valence-electron chi connectivity index (χ0n) is 11.2. The van der Waals surface area contributed by atoms with Crippen LogP contribution < -0.4 is 0 Å². The van der Waals surface area contributed by atoms with Crippen molar-refractivity contribution in [2.24, 2.45) is 0 Å². The van der Waals surface area contributed by atoms with Crippen molar-refractivity contribution in [3.63, 3.8) is 0 Å². The van der Waals surface area contributed by atoms with E-state index in [1.807, 2.05) is 0 Å². The van der Waals surface area contributed by atoms with Gasteiger partial charge in [-0.1, -0.05) is 0 Å². The number of hydrogen-bond acceptors (Lipinski definition) is 4. The van der Waals surface area contributed by atoms with E-state index < -0.39 is 0 Å². The minimum Gasteiger partial charge on any atom is -0.441 e. The Bertz CT molecular complexity index is 657. The monoisotopic (exact) mass is 273 g/mol. The van der Waals surface area contributed by atoms with E-state index in [1.54, 1.807) is 34.9 Å². The number of rotatable bonds is 2. The van der Waals surface area contributed by atoms with Crippen LogP contribution in [0.1, 0.15) is 16.2 Å². The van der Waals surface area contributed by atoms with Crippen molar-refractivity contribution in [3.8, 4) is 0 Å². The Morgan fingerprint density at radius 2 is 2.05 bits per heavy atom. The quantitative estimate of drug-likeness (QED) is 0.767. The number of carbonyl (C=O) groups excluding carboxylic acids is 2. The van der Waals surface area contributed by atoms with Gasteiger partial charge in [-0.15, -0.1) is 0 Å². The summed E-state index contributed by atoms with van der Waals surface area (Å²) >= 11 is 0. The summed E-state index contributed by atoms with van der Waals surface area (Å²) in [6.07, 6.45) is 0.825. The molecule has 0 N–H and O–H groups in total. The second-order valence-electron chi connectivity index (χ2n) is 4.85. The van der Waals surface area contributed by atoms with Gasteiger partial charge in [0, 0.05) is 38.7 Å². The normalized spacial score (nSPS) is 15.7. The Morgan fingerprint density at radius 3 is 2.75 bits per heavy atom. The lowest BCUT2D eigenvalue weighted by molar-refractivity contribution is -0.119. The van der Waals surface area contributed by atoms with Gasteiger partial charge < -0.3 is 14.2 Å². The van der Waals surface area contributed by atoms with E-state index in [0.29, 0.717) is 43.2 Å². The smallest absolute Gasteiger partial charge is 0.254 e. The van der Waals surface area contributed by atoms with Crippen molar-refractivity contribution < 1.29 is 14.0 Å². The number of benzene rings is 1. The highest BCUT2D eigenvalue weighted by Gasteiger charge is 2.21. The molecule has 0 unspecified atom stereocenters. The maximum absolute atomic E-state index is 12.4. The molecule has 0 atom stereocenters. The molecule has 1 aliphatic rings. The third kappa shape index (κ3) is 2.24. The Hall–Kier alpha value is -2.37. The van der Waals surface area contributed by atoms with E-state index in [2.05, 4.69) is 4.98 Å². The van der Waals surface area contributed by atoms with Crippen molar-refractivity contribution in [1.29, 1.82) is 0 Å². The van der Waals surface area contributed by atoms with Crippen LogP contribution >= 0.6 is 0 Å². The molecule has 1 aromatic carbocycles. The molecule has 2 aromatic rings. The highest BCUT2D eigenvalue weighted by molar-refractivity contribution is 5.97. The molecule has 3 rings (SSSR count). The van der Waals surface area contributed by atoms with Gasteiger partial charge in [0.1, 0.15) is 5.52 Å². The first-order valence-corrected chi connectivity index (χ1v) is 6.53. The lowest BCUT2D eigenvalue weighted by Crippen LogP contribution is -2.48. The summed E-state index contributed by atoms with van der Waals surface area (Å²) in [4.78, 5) is 30.7. The number of aromatic nitrogens is 1. The summed E-state index contributed by atoms with van der Waals surface area (Å²) in [5.41, 5.74) is 1.97. The van der Waals surface area contributed by atoms with Crippen molar-refractivity contribution in [2.75, 3.05) is 26.2 Å². The molecule has 2 amide bonds. The van der Waals surface area contributed by atoms with Crippen LogP contribution in [0.25, 0.3) is 11.1 Å². The fraction of sp³-hybridized carbons (Fsp3) is 0.357. The minimum atomic E-state index is -0.0356. The molecular formula is C14H15N3O3. The Kier molecular flexibility index (Phi) is 3.14. The van der Waals surface area contributed by atoms with Crippen LogP contribution in [-0.2, 0) is 4.79 Å². The molecule has 1 aliphatic heterocycles. The van der Waals surface area contributed by atoms with Gasteiger partial charge in [0.25, 0.3) is 5.91 Å². The first-order valence-electron chi connectivity index (χ1n) is 6.53. The number of aryl methyl sites for hydroxylation is 1. The molecule has 1 fully saturated rings. The van der Waals surface area contributed by atoms with E-state index >= 15 is 0 Å². The van der Waals surface area contributed by atoms with Crippen molar-refractivity contribution in [1.82, 2.24) is 14.8 Å². The molecule has 1 saturated heterocycles. The summed E-state index contributed by atoms with van der Waals surface area (Å²) in [6, 6.07) is 5.28. The predicted octanol–water partition coefficient (Wildman–Crippen LogP) is 1.05. The molecule has 20 heavy (non-hydrogen) atoms. The Balaban J connectivity index is 1.80. The molecule has 0 spiro atoms. The predicted molar refractivity (Wildman–Crippen MR) is 72.3 cm³/mol. The van der Waals surface area contributed by atoms with Gasteiger partial charge in [0.2, 0.25) is 6.41 Å². The van der Waals surface area contributed by atoms with Crippen LogP contribution in [-0.4, -0.2) is 53.3 Å². The number of oxazole rings is 1. The largest absolute Gasteiger partial charge is 0.441 e. The number of hydrogen-bond donors (Lipinski definition) is 0. The summed E-state index contributed by atoms with van der Waals surface area (Å²) in [7, 11) is 0. The van der Waals surface area contributed by atoms with E-state index in [-0.39, 0.29) is 5.91 Å². The summed E-state index contributed by atoms with van der Waals surface area (Å²) in [6.45, 7) is 4.06. The number of carbonyl (C=O) groups is 2. The molecule has 104 valence electrons. The standard InChI is InChI=1S/C14H15N3O3/c1-10-15-12-3-2-11(8-13(12)20-10)14(19)17-6-4-16(9-18)5-7-17/h2-3,8-9H,4-7H2,1H3. The zero-order valence-corrected chi connectivity index (χ0v) is 11.2. The topological polar surface area (TPSA) is 66.7 Å². The van der Waals surface area contributed by atoms with E-state index in [1.165, 1.54) is 0 Å². The Morgan fingerprint density at radius 1 is 1.30 bits per heavy atom. The van der Waals surface area contributed by atoms with Gasteiger partial charge in [-0.05, 0) is 18.2 Å². The van der Waals surface area contributed by atoms with Crippen LogP contribution in [0.3, 0.4) is 0 Å². The average Bonchev–Trinajstić information content (AvgIpc) is 2.85. The molecule has 0 bridgehead atoms. The molecule has 1 aromatic heterocycles. The van der Waals surface area contributed by atoms with Crippen LogP contribution in [0.15, 0.2) is 22.6 Å². The maximum Gasteiger partial charge on any atom is 0.254 e. The number of amides is 2. The average molecular weight is 273 g/mol. The molecule has 0 radical (unpaired) electrons. The highest BCUT2D eigenvalue weighted by Crippen LogP contribution is 2.18. The lowest BCUT2D eigenvalue weighted by Gasteiger charge is -2.32. The molecule has 0 saturated carbocycles. The van der Waals surface area contributed by atoms with Gasteiger partial charge >= 0.3 is 0 Å².